The van der Waals surface area contributed by atoms with E-state index < -0.39 is 23.7 Å². The Morgan fingerprint density at radius 1 is 1.00 bits per heavy atom. The average Bonchev–Trinajstić information content (AvgIpc) is 3.48. The number of amides is 1. The molecule has 3 aromatic carbocycles. The summed E-state index contributed by atoms with van der Waals surface area (Å²) >= 11 is 3.37. The van der Waals surface area contributed by atoms with Gasteiger partial charge in [-0.1, -0.05) is 40.2 Å². The van der Waals surface area contributed by atoms with Crippen LogP contribution in [0.3, 0.4) is 0 Å². The molecular weight excluding hydrogens is 564 g/mol. The second kappa shape index (κ2) is 10.8. The molecular formula is C30H25BrN2O6. The van der Waals surface area contributed by atoms with Crippen LogP contribution in [0.5, 0.6) is 5.75 Å². The second-order valence-electron chi connectivity index (χ2n) is 9.09. The Bertz CT molecular complexity index is 1600. The molecule has 0 spiro atoms. The standard InChI is InChI=1S/C30H25BrN2O6/c1-38-22-11-12-24-23(15-22)20(16-32-24)13-14-33-26(17-3-5-19(6-4-17)30(37)39-2)25(28(35)29(33)36)27(34)18-7-9-21(31)10-8-18/h3-12,15-16,26,32,34H,13-14H2,1-2H3/t26-/m0/s1. The summed E-state index contributed by atoms with van der Waals surface area (Å²) in [5.74, 6) is -1.52. The van der Waals surface area contributed by atoms with E-state index in [1.165, 1.54) is 12.0 Å². The predicted octanol–water partition coefficient (Wildman–Crippen LogP) is 5.39. The molecule has 4 aromatic rings. The zero-order valence-electron chi connectivity index (χ0n) is 21.2. The number of aromatic amines is 1. The van der Waals surface area contributed by atoms with Crippen molar-refractivity contribution in [2.75, 3.05) is 20.8 Å². The lowest BCUT2D eigenvalue weighted by Gasteiger charge is -2.25. The van der Waals surface area contributed by atoms with Crippen LogP contribution < -0.4 is 4.74 Å². The summed E-state index contributed by atoms with van der Waals surface area (Å²) < 4.78 is 11.0. The number of nitrogens with one attached hydrogen (secondary N) is 1. The van der Waals surface area contributed by atoms with Crippen LogP contribution in [0.2, 0.25) is 0 Å². The molecule has 0 radical (unpaired) electrons. The minimum Gasteiger partial charge on any atom is -0.507 e. The number of rotatable bonds is 7. The summed E-state index contributed by atoms with van der Waals surface area (Å²) in [4.78, 5) is 43.4. The number of esters is 1. The number of benzene rings is 3. The lowest BCUT2D eigenvalue weighted by molar-refractivity contribution is -0.139. The smallest absolute Gasteiger partial charge is 0.337 e. The van der Waals surface area contributed by atoms with Gasteiger partial charge in [-0.25, -0.2) is 4.79 Å². The minimum atomic E-state index is -0.847. The van der Waals surface area contributed by atoms with Crippen LogP contribution in [0, 0.1) is 0 Å². The lowest BCUT2D eigenvalue weighted by atomic mass is 9.94. The zero-order valence-corrected chi connectivity index (χ0v) is 22.8. The van der Waals surface area contributed by atoms with E-state index >= 15 is 0 Å². The number of Topliss-reactive ketones (excluding diaryl/α,β-unsaturated/α-hetero) is 1. The highest BCUT2D eigenvalue weighted by molar-refractivity contribution is 9.10. The van der Waals surface area contributed by atoms with Gasteiger partial charge in [0.2, 0.25) is 0 Å². The molecule has 0 saturated carbocycles. The molecule has 1 aliphatic heterocycles. The first-order valence-electron chi connectivity index (χ1n) is 12.2. The molecule has 8 nitrogen and oxygen atoms in total. The van der Waals surface area contributed by atoms with Gasteiger partial charge in [0.25, 0.3) is 11.7 Å². The van der Waals surface area contributed by atoms with E-state index in [1.54, 1.807) is 55.6 Å². The Morgan fingerprint density at radius 2 is 1.69 bits per heavy atom. The fraction of sp³-hybridized carbons (Fsp3) is 0.167. The molecule has 1 atom stereocenters. The van der Waals surface area contributed by atoms with Crippen molar-refractivity contribution in [3.05, 3.63) is 105 Å². The molecule has 9 heteroatoms. The van der Waals surface area contributed by atoms with E-state index in [-0.39, 0.29) is 17.9 Å². The van der Waals surface area contributed by atoms with Crippen LogP contribution in [0.25, 0.3) is 16.7 Å². The molecule has 198 valence electrons. The molecule has 0 unspecified atom stereocenters. The normalized spacial score (nSPS) is 16.6. The maximum absolute atomic E-state index is 13.4. The number of H-pyrrole nitrogens is 1. The number of aliphatic hydroxyl groups is 1. The van der Waals surface area contributed by atoms with Gasteiger partial charge in [0.1, 0.15) is 11.5 Å². The van der Waals surface area contributed by atoms with Gasteiger partial charge in [0, 0.05) is 33.7 Å². The summed E-state index contributed by atoms with van der Waals surface area (Å²) in [6.45, 7) is 0.218. The number of likely N-dealkylation sites (tertiary alicyclic amines) is 1. The molecule has 0 bridgehead atoms. The van der Waals surface area contributed by atoms with Crippen molar-refractivity contribution in [1.29, 1.82) is 0 Å². The van der Waals surface area contributed by atoms with Crippen LogP contribution in [0.1, 0.15) is 33.1 Å². The second-order valence-corrected chi connectivity index (χ2v) is 10.0. The first kappa shape index (κ1) is 26.2. The number of nitrogens with zero attached hydrogens (tertiary/aromatic N) is 1. The highest BCUT2D eigenvalue weighted by atomic mass is 79.9. The first-order valence-corrected chi connectivity index (χ1v) is 13.0. The fourth-order valence-electron chi connectivity index (χ4n) is 4.87. The Kier molecular flexibility index (Phi) is 7.26. The van der Waals surface area contributed by atoms with Crippen molar-refractivity contribution in [2.24, 2.45) is 0 Å². The Labute approximate surface area is 233 Å². The fourth-order valence-corrected chi connectivity index (χ4v) is 5.14. The molecule has 1 aliphatic rings. The first-order chi connectivity index (χ1) is 18.8. The molecule has 2 heterocycles. The third-order valence-electron chi connectivity index (χ3n) is 6.90. The number of hydrogen-bond acceptors (Lipinski definition) is 6. The number of methoxy groups -OCH3 is 2. The summed E-state index contributed by atoms with van der Waals surface area (Å²) in [5, 5.41) is 12.2. The number of aliphatic hydroxyl groups excluding tert-OH is 1. The number of hydrogen-bond donors (Lipinski definition) is 2. The van der Waals surface area contributed by atoms with Crippen LogP contribution in [-0.2, 0) is 20.7 Å². The molecule has 5 rings (SSSR count). The number of carbonyl (C=O) groups is 3. The van der Waals surface area contributed by atoms with E-state index in [4.69, 9.17) is 9.47 Å². The Hall–Kier alpha value is -4.37. The Balaban J connectivity index is 1.55. The van der Waals surface area contributed by atoms with Crippen molar-refractivity contribution in [2.45, 2.75) is 12.5 Å². The monoisotopic (exact) mass is 588 g/mol. The summed E-state index contributed by atoms with van der Waals surface area (Å²) in [7, 11) is 2.90. The molecule has 39 heavy (non-hydrogen) atoms. The Morgan fingerprint density at radius 3 is 2.36 bits per heavy atom. The number of ketones is 1. The zero-order chi connectivity index (χ0) is 27.7. The molecule has 1 aromatic heterocycles. The van der Waals surface area contributed by atoms with E-state index in [2.05, 4.69) is 20.9 Å². The molecule has 1 fully saturated rings. The van der Waals surface area contributed by atoms with Crippen LogP contribution in [0.15, 0.2) is 83.0 Å². The topological polar surface area (TPSA) is 109 Å². The predicted molar refractivity (Wildman–Crippen MR) is 149 cm³/mol. The highest BCUT2D eigenvalue weighted by Gasteiger charge is 2.46. The van der Waals surface area contributed by atoms with Crippen molar-refractivity contribution in [3.8, 4) is 5.75 Å². The van der Waals surface area contributed by atoms with E-state index in [0.29, 0.717) is 28.9 Å². The van der Waals surface area contributed by atoms with E-state index in [0.717, 1.165) is 20.9 Å². The van der Waals surface area contributed by atoms with Crippen LogP contribution in [-0.4, -0.2) is 53.4 Å². The summed E-state index contributed by atoms with van der Waals surface area (Å²) in [5.41, 5.74) is 3.21. The molecule has 1 saturated heterocycles. The van der Waals surface area contributed by atoms with Crippen molar-refractivity contribution < 1.29 is 29.0 Å². The average molecular weight is 589 g/mol. The summed E-state index contributed by atoms with van der Waals surface area (Å²) in [6.07, 6.45) is 2.33. The van der Waals surface area contributed by atoms with Gasteiger partial charge in [0.15, 0.2) is 0 Å². The van der Waals surface area contributed by atoms with Gasteiger partial charge in [-0.05, 0) is 60.0 Å². The molecule has 1 amide bonds. The lowest BCUT2D eigenvalue weighted by Crippen LogP contribution is -2.31. The number of aromatic nitrogens is 1. The number of fused-ring (bicyclic) bond motifs is 1. The molecule has 2 N–H and O–H groups in total. The van der Waals surface area contributed by atoms with Crippen LogP contribution in [0.4, 0.5) is 0 Å². The number of halogens is 1. The van der Waals surface area contributed by atoms with Gasteiger partial charge >= 0.3 is 5.97 Å². The van der Waals surface area contributed by atoms with Gasteiger partial charge in [-0.15, -0.1) is 0 Å². The van der Waals surface area contributed by atoms with Crippen LogP contribution >= 0.6 is 15.9 Å². The van der Waals surface area contributed by atoms with Gasteiger partial charge in [-0.2, -0.15) is 0 Å². The van der Waals surface area contributed by atoms with Gasteiger partial charge in [-0.3, -0.25) is 9.59 Å². The maximum Gasteiger partial charge on any atom is 0.337 e. The van der Waals surface area contributed by atoms with Crippen molar-refractivity contribution in [3.63, 3.8) is 0 Å². The molecule has 0 aliphatic carbocycles. The SMILES string of the molecule is COC(=O)c1ccc([C@H]2C(=C(O)c3ccc(Br)cc3)C(=O)C(=O)N2CCc2c[nH]c3ccc(OC)cc23)cc1. The third-order valence-corrected chi connectivity index (χ3v) is 7.43. The van der Waals surface area contributed by atoms with Gasteiger partial charge < -0.3 is 24.5 Å². The number of ether oxygens (including phenoxy) is 2. The van der Waals surface area contributed by atoms with E-state index in [9.17, 15) is 19.5 Å². The highest BCUT2D eigenvalue weighted by Crippen LogP contribution is 2.40. The largest absolute Gasteiger partial charge is 0.507 e. The van der Waals surface area contributed by atoms with Crippen molar-refractivity contribution >= 4 is 50.3 Å². The third kappa shape index (κ3) is 4.93. The quantitative estimate of drug-likeness (QED) is 0.130. The minimum absolute atomic E-state index is 0.00580. The summed E-state index contributed by atoms with van der Waals surface area (Å²) in [6, 6.07) is 18.2. The van der Waals surface area contributed by atoms with Crippen molar-refractivity contribution in [1.82, 2.24) is 9.88 Å². The number of carbonyl (C=O) groups excluding carboxylic acids is 3. The van der Waals surface area contributed by atoms with E-state index in [1.807, 2.05) is 24.4 Å². The maximum atomic E-state index is 13.4. The van der Waals surface area contributed by atoms with Gasteiger partial charge in [0.05, 0.1) is 31.4 Å².